The maximum absolute atomic E-state index is 12.5. The van der Waals surface area contributed by atoms with E-state index in [1.807, 2.05) is 24.6 Å². The second-order valence-corrected chi connectivity index (χ2v) is 7.95. The Morgan fingerprint density at radius 1 is 1.22 bits per heavy atom. The molecule has 1 aromatic heterocycles. The van der Waals surface area contributed by atoms with Crippen LogP contribution in [-0.2, 0) is 32.2 Å². The van der Waals surface area contributed by atoms with Gasteiger partial charge in [0.25, 0.3) is 0 Å². The van der Waals surface area contributed by atoms with Crippen molar-refractivity contribution in [3.63, 3.8) is 0 Å². The summed E-state index contributed by atoms with van der Waals surface area (Å²) in [5, 5.41) is 5.01. The number of rotatable bonds is 5. The Hall–Kier alpha value is -2.21. The molecule has 2 amide bonds. The normalized spacial score (nSPS) is 15.2. The van der Waals surface area contributed by atoms with Crippen molar-refractivity contribution >= 4 is 29.7 Å². The summed E-state index contributed by atoms with van der Waals surface area (Å²) in [6, 6.07) is 2.22. The van der Waals surface area contributed by atoms with Crippen LogP contribution in [0.25, 0.3) is 6.08 Å². The number of anilines is 1. The molecule has 2 aromatic rings. The van der Waals surface area contributed by atoms with Crippen LogP contribution >= 0.6 is 11.9 Å². The van der Waals surface area contributed by atoms with E-state index < -0.39 is 0 Å². The zero-order valence-corrected chi connectivity index (χ0v) is 16.8. The third-order valence-electron chi connectivity index (χ3n) is 5.42. The molecule has 6 heteroatoms. The van der Waals surface area contributed by atoms with Crippen molar-refractivity contribution in [2.24, 2.45) is 0 Å². The summed E-state index contributed by atoms with van der Waals surface area (Å²) in [6.45, 7) is 4.95. The number of fused-ring (bicyclic) bond motifs is 2. The Morgan fingerprint density at radius 2 is 1.93 bits per heavy atom. The zero-order chi connectivity index (χ0) is 18.8. The minimum Gasteiger partial charge on any atom is -0.331 e. The molecule has 0 spiro atoms. The Kier molecular flexibility index (Phi) is 5.25. The van der Waals surface area contributed by atoms with E-state index in [1.165, 1.54) is 47.0 Å². The van der Waals surface area contributed by atoms with Crippen molar-refractivity contribution in [2.45, 2.75) is 58.9 Å². The van der Waals surface area contributed by atoms with Gasteiger partial charge in [-0.2, -0.15) is 0 Å². The van der Waals surface area contributed by atoms with Crippen molar-refractivity contribution in [3.8, 4) is 0 Å². The molecular weight excluding hydrogens is 356 g/mol. The summed E-state index contributed by atoms with van der Waals surface area (Å²) in [4.78, 5) is 16.9. The van der Waals surface area contributed by atoms with Gasteiger partial charge in [0.2, 0.25) is 0 Å². The molecular formula is C21H26N4OS. The van der Waals surface area contributed by atoms with Gasteiger partial charge in [-0.15, -0.1) is 0 Å². The van der Waals surface area contributed by atoms with E-state index in [9.17, 15) is 4.79 Å². The summed E-state index contributed by atoms with van der Waals surface area (Å²) in [5.41, 5.74) is 7.65. The fourth-order valence-electron chi connectivity index (χ4n) is 4.24. The Morgan fingerprint density at radius 3 is 2.59 bits per heavy atom. The van der Waals surface area contributed by atoms with Gasteiger partial charge in [-0.1, -0.05) is 6.07 Å². The number of carbonyl (C=O) groups is 1. The maximum atomic E-state index is 12.5. The molecule has 0 bridgehead atoms. The van der Waals surface area contributed by atoms with E-state index in [2.05, 4.69) is 32.6 Å². The number of nitrogens with one attached hydrogen (secondary N) is 2. The first kappa shape index (κ1) is 18.2. The first-order chi connectivity index (χ1) is 13.2. The quantitative estimate of drug-likeness (QED) is 0.741. The van der Waals surface area contributed by atoms with Gasteiger partial charge < -0.3 is 9.88 Å². The van der Waals surface area contributed by atoms with Crippen LogP contribution < -0.4 is 10.0 Å². The molecule has 2 aliphatic rings. The van der Waals surface area contributed by atoms with Crippen LogP contribution in [0.4, 0.5) is 10.5 Å². The Balaban J connectivity index is 1.40. The number of aryl methyl sites for hydroxylation is 4. The molecule has 0 aliphatic heterocycles. The minimum absolute atomic E-state index is 0.158. The average Bonchev–Trinajstić information content (AvgIpc) is 3.37. The van der Waals surface area contributed by atoms with Gasteiger partial charge in [0, 0.05) is 18.4 Å². The van der Waals surface area contributed by atoms with Gasteiger partial charge in [0.05, 0.1) is 5.69 Å². The highest BCUT2D eigenvalue weighted by molar-refractivity contribution is 8.00. The molecule has 2 N–H and O–H groups in total. The molecule has 4 rings (SSSR count). The van der Waals surface area contributed by atoms with Crippen LogP contribution in [-0.4, -0.2) is 15.6 Å². The fourth-order valence-corrected chi connectivity index (χ4v) is 4.66. The highest BCUT2D eigenvalue weighted by Crippen LogP contribution is 2.38. The predicted molar refractivity (Wildman–Crippen MR) is 112 cm³/mol. The minimum atomic E-state index is -0.158. The van der Waals surface area contributed by atoms with Crippen molar-refractivity contribution < 1.29 is 4.79 Å². The molecule has 0 fully saturated rings. The van der Waals surface area contributed by atoms with Gasteiger partial charge in [-0.3, -0.25) is 4.72 Å². The van der Waals surface area contributed by atoms with E-state index in [4.69, 9.17) is 0 Å². The summed E-state index contributed by atoms with van der Waals surface area (Å²) in [6.07, 6.45) is 10.8. The van der Waals surface area contributed by atoms with Crippen LogP contribution in [0.15, 0.2) is 17.7 Å². The monoisotopic (exact) mass is 382 g/mol. The Bertz CT molecular complexity index is 868. The molecule has 0 saturated carbocycles. The van der Waals surface area contributed by atoms with Crippen LogP contribution in [0.5, 0.6) is 0 Å². The third kappa shape index (κ3) is 3.76. The predicted octanol–water partition coefficient (Wildman–Crippen LogP) is 4.63. The number of carbonyl (C=O) groups excluding carboxylic acids is 1. The molecule has 0 radical (unpaired) electrons. The molecule has 27 heavy (non-hydrogen) atoms. The Labute approximate surface area is 164 Å². The molecule has 0 saturated heterocycles. The molecule has 0 unspecified atom stereocenters. The van der Waals surface area contributed by atoms with E-state index >= 15 is 0 Å². The van der Waals surface area contributed by atoms with E-state index in [0.29, 0.717) is 0 Å². The number of benzene rings is 1. The first-order valence-electron chi connectivity index (χ1n) is 9.75. The number of imidazole rings is 1. The van der Waals surface area contributed by atoms with Crippen LogP contribution in [0.3, 0.4) is 0 Å². The largest absolute Gasteiger partial charge is 0.331 e. The van der Waals surface area contributed by atoms with Gasteiger partial charge in [-0.25, -0.2) is 9.78 Å². The number of nitrogens with zero attached hydrogens (tertiary/aromatic N) is 2. The van der Waals surface area contributed by atoms with E-state index in [0.717, 1.165) is 49.4 Å². The molecule has 1 aromatic carbocycles. The number of hydrogen-bond donors (Lipinski definition) is 2. The number of urea groups is 1. The zero-order valence-electron chi connectivity index (χ0n) is 16.0. The van der Waals surface area contributed by atoms with E-state index in [1.54, 1.807) is 0 Å². The highest BCUT2D eigenvalue weighted by Gasteiger charge is 2.24. The average molecular weight is 383 g/mol. The van der Waals surface area contributed by atoms with Crippen LogP contribution in [0.2, 0.25) is 0 Å². The smallest absolute Gasteiger partial charge is 0.329 e. The number of hydrogen-bond acceptors (Lipinski definition) is 3. The summed E-state index contributed by atoms with van der Waals surface area (Å²) in [7, 11) is 0. The third-order valence-corrected chi connectivity index (χ3v) is 5.99. The van der Waals surface area contributed by atoms with E-state index in [-0.39, 0.29) is 6.03 Å². The standard InChI is InChI=1S/C21H26N4OS/c1-3-25-13-14(2)22-19(25)10-11-27-24-21(26)23-20-17-8-4-6-15(17)12-16-7-5-9-18(16)20/h10-13H,3-9H2,1-2H3,(H2,23,24,26)/b11-10+. The second-order valence-electron chi connectivity index (χ2n) is 7.24. The fraction of sp³-hybridized carbons (Fsp3) is 0.429. The lowest BCUT2D eigenvalue weighted by molar-refractivity contribution is 0.257. The molecule has 142 valence electrons. The summed E-state index contributed by atoms with van der Waals surface area (Å²) < 4.78 is 4.96. The van der Waals surface area contributed by atoms with Crippen molar-refractivity contribution in [2.75, 3.05) is 5.32 Å². The molecule has 1 heterocycles. The van der Waals surface area contributed by atoms with Gasteiger partial charge in [0.1, 0.15) is 5.82 Å². The van der Waals surface area contributed by atoms with Crippen molar-refractivity contribution in [1.29, 1.82) is 0 Å². The second kappa shape index (κ2) is 7.80. The summed E-state index contributed by atoms with van der Waals surface area (Å²) in [5.74, 6) is 0.906. The van der Waals surface area contributed by atoms with Gasteiger partial charge in [0.15, 0.2) is 0 Å². The van der Waals surface area contributed by atoms with Crippen molar-refractivity contribution in [3.05, 3.63) is 51.4 Å². The number of aromatic nitrogens is 2. The lowest BCUT2D eigenvalue weighted by Crippen LogP contribution is -2.23. The topological polar surface area (TPSA) is 59.0 Å². The van der Waals surface area contributed by atoms with Crippen LogP contribution in [0.1, 0.15) is 53.5 Å². The number of amides is 2. The van der Waals surface area contributed by atoms with Crippen LogP contribution in [0, 0.1) is 6.92 Å². The van der Waals surface area contributed by atoms with Gasteiger partial charge >= 0.3 is 6.03 Å². The lowest BCUT2D eigenvalue weighted by atomic mass is 9.99. The highest BCUT2D eigenvalue weighted by atomic mass is 32.2. The van der Waals surface area contributed by atoms with Gasteiger partial charge in [-0.05, 0) is 98.1 Å². The maximum Gasteiger partial charge on any atom is 0.329 e. The SMILES string of the molecule is CCn1cc(C)nc1/C=C/SNC(=O)Nc1c2c(cc3c1CCC3)CCC2. The lowest BCUT2D eigenvalue weighted by Gasteiger charge is -2.16. The first-order valence-corrected chi connectivity index (χ1v) is 10.6. The van der Waals surface area contributed by atoms with Crippen molar-refractivity contribution in [1.82, 2.24) is 14.3 Å². The molecule has 5 nitrogen and oxygen atoms in total. The molecule has 2 aliphatic carbocycles. The molecule has 0 atom stereocenters. The summed E-state index contributed by atoms with van der Waals surface area (Å²) >= 11 is 1.27.